The maximum Gasteiger partial charge on any atom is 0.424 e. The number of carbonyl (C=O) groups excluding carboxylic acids is 1. The van der Waals surface area contributed by atoms with Gasteiger partial charge in [0.1, 0.15) is 6.61 Å². The van der Waals surface area contributed by atoms with E-state index in [1.54, 1.807) is 22.6 Å². The van der Waals surface area contributed by atoms with Crippen molar-refractivity contribution < 1.29 is 27.8 Å². The first-order valence-corrected chi connectivity index (χ1v) is 9.45. The van der Waals surface area contributed by atoms with Gasteiger partial charge in [-0.1, -0.05) is 0 Å². The van der Waals surface area contributed by atoms with E-state index in [0.29, 0.717) is 43.7 Å². The molecule has 1 saturated heterocycles. The van der Waals surface area contributed by atoms with Gasteiger partial charge < -0.3 is 19.3 Å². The summed E-state index contributed by atoms with van der Waals surface area (Å²) < 4.78 is 48.7. The van der Waals surface area contributed by atoms with Gasteiger partial charge in [-0.2, -0.15) is 13.2 Å². The molecule has 2 aromatic heterocycles. The number of fused-ring (bicyclic) bond motifs is 3. The van der Waals surface area contributed by atoms with E-state index >= 15 is 0 Å². The largest absolute Gasteiger partial charge is 0.475 e. The zero-order chi connectivity index (χ0) is 21.0. The Morgan fingerprint density at radius 1 is 1.34 bits per heavy atom. The van der Waals surface area contributed by atoms with Crippen LogP contribution in [0.2, 0.25) is 0 Å². The predicted octanol–water partition coefficient (Wildman–Crippen LogP) is 2.09. The molecule has 0 bridgehead atoms. The number of imidazole rings is 1. The van der Waals surface area contributed by atoms with Gasteiger partial charge >= 0.3 is 6.18 Å². The van der Waals surface area contributed by atoms with Crippen molar-refractivity contribution in [2.45, 2.75) is 51.1 Å². The molecule has 1 amide bonds. The molecule has 2 atom stereocenters. The predicted molar refractivity (Wildman–Crippen MR) is 95.1 cm³/mol. The summed E-state index contributed by atoms with van der Waals surface area (Å²) >= 11 is 0. The molecule has 4 rings (SSSR count). The van der Waals surface area contributed by atoms with Crippen molar-refractivity contribution in [3.63, 3.8) is 0 Å². The van der Waals surface area contributed by atoms with Crippen LogP contribution in [0.5, 0.6) is 5.88 Å². The number of carbonyl (C=O) groups is 1. The summed E-state index contributed by atoms with van der Waals surface area (Å²) in [5, 5.41) is 14.5. The summed E-state index contributed by atoms with van der Waals surface area (Å²) in [7, 11) is 0. The van der Waals surface area contributed by atoms with Crippen LogP contribution in [0.15, 0.2) is 12.3 Å². The van der Waals surface area contributed by atoms with E-state index in [0.717, 1.165) is 13.0 Å². The molecule has 0 aromatic carbocycles. The van der Waals surface area contributed by atoms with E-state index in [1.807, 2.05) is 0 Å². The molecule has 0 saturated carbocycles. The van der Waals surface area contributed by atoms with Crippen LogP contribution in [0.1, 0.15) is 38.6 Å². The van der Waals surface area contributed by atoms with Gasteiger partial charge in [-0.3, -0.25) is 9.48 Å². The van der Waals surface area contributed by atoms with Crippen LogP contribution in [0.4, 0.5) is 13.2 Å². The number of nitrogens with zero attached hydrogens (tertiary/aromatic N) is 5. The molecule has 0 aliphatic carbocycles. The highest BCUT2D eigenvalue weighted by atomic mass is 19.4. The molecule has 0 radical (unpaired) electrons. The fourth-order valence-electron chi connectivity index (χ4n) is 3.83. The van der Waals surface area contributed by atoms with Crippen LogP contribution in [-0.2, 0) is 16.9 Å². The summed E-state index contributed by atoms with van der Waals surface area (Å²) in [5.74, 6) is -0.00713. The first-order chi connectivity index (χ1) is 13.6. The van der Waals surface area contributed by atoms with Crippen LogP contribution in [-0.4, -0.2) is 61.1 Å². The number of aliphatic hydroxyl groups is 1. The maximum absolute atomic E-state index is 13.3. The van der Waals surface area contributed by atoms with Crippen molar-refractivity contribution in [1.29, 1.82) is 0 Å². The van der Waals surface area contributed by atoms with Crippen LogP contribution < -0.4 is 4.74 Å². The summed E-state index contributed by atoms with van der Waals surface area (Å²) in [4.78, 5) is 17.3. The average Bonchev–Trinajstić information content (AvgIpc) is 3.32. The molecular weight excluding hydrogens is 391 g/mol. The smallest absolute Gasteiger partial charge is 0.424 e. The topological polar surface area (TPSA) is 85.4 Å². The minimum absolute atomic E-state index is 0.111. The van der Waals surface area contributed by atoms with Crippen molar-refractivity contribution in [2.24, 2.45) is 0 Å². The van der Waals surface area contributed by atoms with E-state index in [4.69, 9.17) is 4.74 Å². The van der Waals surface area contributed by atoms with E-state index in [1.165, 1.54) is 10.8 Å². The van der Waals surface area contributed by atoms with Gasteiger partial charge in [-0.25, -0.2) is 4.98 Å². The quantitative estimate of drug-likeness (QED) is 0.812. The number of aromatic nitrogens is 4. The first-order valence-electron chi connectivity index (χ1n) is 9.45. The molecule has 1 fully saturated rings. The van der Waals surface area contributed by atoms with Gasteiger partial charge in [0.25, 0.3) is 0 Å². The summed E-state index contributed by atoms with van der Waals surface area (Å²) in [6.07, 6.45) is -2.13. The standard InChI is InChI=1S/C18H22F3N5O3/c1-11-10-25-12(8-14(23-25)29-7-6-24-5-3-4-15(24)27)13-9-22-16(26(11)13)17(2,28)18(19,20)21/h8-9,11,28H,3-7,10H2,1-2H3/t11-,17?/m0/s1. The van der Waals surface area contributed by atoms with Crippen molar-refractivity contribution in [3.8, 4) is 17.3 Å². The average molecular weight is 413 g/mol. The number of halogens is 3. The molecule has 158 valence electrons. The first kappa shape index (κ1) is 19.7. The summed E-state index contributed by atoms with van der Waals surface area (Å²) in [6, 6.07) is 1.25. The van der Waals surface area contributed by atoms with Crippen LogP contribution in [0.3, 0.4) is 0 Å². The Labute approximate surface area is 164 Å². The number of ether oxygens (including phenoxy) is 1. The van der Waals surface area contributed by atoms with Crippen LogP contribution >= 0.6 is 0 Å². The maximum atomic E-state index is 13.3. The Morgan fingerprint density at radius 2 is 2.10 bits per heavy atom. The van der Waals surface area contributed by atoms with E-state index in [-0.39, 0.29) is 12.5 Å². The number of rotatable bonds is 5. The molecule has 29 heavy (non-hydrogen) atoms. The zero-order valence-corrected chi connectivity index (χ0v) is 16.1. The lowest BCUT2D eigenvalue weighted by atomic mass is 10.0. The summed E-state index contributed by atoms with van der Waals surface area (Å²) in [6.45, 7) is 4.23. The molecule has 0 spiro atoms. The van der Waals surface area contributed by atoms with Crippen molar-refractivity contribution >= 4 is 5.91 Å². The fourth-order valence-corrected chi connectivity index (χ4v) is 3.83. The van der Waals surface area contributed by atoms with Gasteiger partial charge in [-0.05, 0) is 20.3 Å². The van der Waals surface area contributed by atoms with Crippen molar-refractivity contribution in [2.75, 3.05) is 19.7 Å². The molecule has 2 aromatic rings. The number of hydrogen-bond donors (Lipinski definition) is 1. The Hall–Kier alpha value is -2.56. The second-order valence-corrected chi connectivity index (χ2v) is 7.64. The van der Waals surface area contributed by atoms with Gasteiger partial charge in [0, 0.05) is 19.0 Å². The van der Waals surface area contributed by atoms with E-state index in [9.17, 15) is 23.1 Å². The third-order valence-electron chi connectivity index (χ3n) is 5.46. The van der Waals surface area contributed by atoms with Crippen molar-refractivity contribution in [1.82, 2.24) is 24.2 Å². The molecule has 4 heterocycles. The van der Waals surface area contributed by atoms with Gasteiger partial charge in [0.15, 0.2) is 5.82 Å². The third kappa shape index (κ3) is 3.26. The molecular formula is C18H22F3N5O3. The lowest BCUT2D eigenvalue weighted by Gasteiger charge is -2.31. The zero-order valence-electron chi connectivity index (χ0n) is 16.1. The minimum atomic E-state index is -4.85. The monoisotopic (exact) mass is 413 g/mol. The normalized spacial score (nSPS) is 21.1. The minimum Gasteiger partial charge on any atom is -0.475 e. The lowest BCUT2D eigenvalue weighted by molar-refractivity contribution is -0.262. The third-order valence-corrected chi connectivity index (χ3v) is 5.46. The molecule has 2 aliphatic rings. The number of likely N-dealkylation sites (tertiary alicyclic amines) is 1. The molecule has 11 heteroatoms. The van der Waals surface area contributed by atoms with Gasteiger partial charge in [-0.15, -0.1) is 5.10 Å². The lowest BCUT2D eigenvalue weighted by Crippen LogP contribution is -2.42. The van der Waals surface area contributed by atoms with Gasteiger partial charge in [0.05, 0.1) is 36.7 Å². The Kier molecular flexibility index (Phi) is 4.60. The van der Waals surface area contributed by atoms with Crippen LogP contribution in [0, 0.1) is 0 Å². The number of alkyl halides is 3. The Morgan fingerprint density at radius 3 is 2.76 bits per heavy atom. The Balaban J connectivity index is 1.56. The highest BCUT2D eigenvalue weighted by Crippen LogP contribution is 2.42. The summed E-state index contributed by atoms with van der Waals surface area (Å²) in [5.41, 5.74) is -2.07. The molecule has 8 nitrogen and oxygen atoms in total. The molecule has 1 N–H and O–H groups in total. The molecule has 2 aliphatic heterocycles. The fraction of sp³-hybridized carbons (Fsp3) is 0.611. The highest BCUT2D eigenvalue weighted by Gasteiger charge is 2.55. The molecule has 1 unspecified atom stereocenters. The second-order valence-electron chi connectivity index (χ2n) is 7.64. The Bertz CT molecular complexity index is 934. The van der Waals surface area contributed by atoms with Crippen molar-refractivity contribution in [3.05, 3.63) is 18.1 Å². The van der Waals surface area contributed by atoms with E-state index in [2.05, 4.69) is 10.1 Å². The van der Waals surface area contributed by atoms with Crippen LogP contribution in [0.25, 0.3) is 11.4 Å². The second kappa shape index (κ2) is 6.75. The number of hydrogen-bond acceptors (Lipinski definition) is 5. The number of amides is 1. The SMILES string of the molecule is C[C@H]1Cn2nc(OCCN3CCCC3=O)cc2-c2cnc(C(C)(O)C(F)(F)F)n21. The highest BCUT2D eigenvalue weighted by molar-refractivity contribution is 5.78. The van der Waals surface area contributed by atoms with Gasteiger partial charge in [0.2, 0.25) is 17.4 Å². The van der Waals surface area contributed by atoms with E-state index < -0.39 is 23.6 Å².